The molecule has 3 N–H and O–H groups in total. The van der Waals surface area contributed by atoms with E-state index in [9.17, 15) is 14.4 Å². The van der Waals surface area contributed by atoms with Crippen LogP contribution in [0, 0.1) is 5.41 Å². The molecule has 24 heavy (non-hydrogen) atoms. The fourth-order valence-corrected chi connectivity index (χ4v) is 3.17. The molecule has 1 aromatic carbocycles. The first kappa shape index (κ1) is 16.4. The summed E-state index contributed by atoms with van der Waals surface area (Å²) in [4.78, 5) is 38.6. The topological polar surface area (TPSA) is 101 Å². The standard InChI is InChI=1S/C17H22N4O3/c1-17(10-18)7-9-20(11-17)14(22)6-8-21-16(24)13-5-3-2-4-12(13)15(23)19-21/h2-5H,6-11,18H2,1H3,(H,19,23). The average Bonchev–Trinajstić information content (AvgIpc) is 3.00. The number of nitrogens with one attached hydrogen (secondary N) is 1. The van der Waals surface area contributed by atoms with Gasteiger partial charge in [0.1, 0.15) is 0 Å². The maximum atomic E-state index is 12.4. The fourth-order valence-electron chi connectivity index (χ4n) is 3.17. The van der Waals surface area contributed by atoms with Crippen LogP contribution in [-0.2, 0) is 11.3 Å². The summed E-state index contributed by atoms with van der Waals surface area (Å²) >= 11 is 0. The summed E-state index contributed by atoms with van der Waals surface area (Å²) < 4.78 is 1.22. The molecule has 1 aliphatic rings. The summed E-state index contributed by atoms with van der Waals surface area (Å²) in [5.41, 5.74) is 5.13. The second-order valence-electron chi connectivity index (χ2n) is 6.77. The molecule has 1 fully saturated rings. The minimum Gasteiger partial charge on any atom is -0.342 e. The van der Waals surface area contributed by atoms with Gasteiger partial charge in [-0.2, -0.15) is 0 Å². The van der Waals surface area contributed by atoms with Gasteiger partial charge in [0.25, 0.3) is 11.1 Å². The number of hydrogen-bond donors (Lipinski definition) is 2. The van der Waals surface area contributed by atoms with Crippen molar-refractivity contribution in [2.24, 2.45) is 11.1 Å². The van der Waals surface area contributed by atoms with E-state index >= 15 is 0 Å². The van der Waals surface area contributed by atoms with E-state index in [1.807, 2.05) is 0 Å². The van der Waals surface area contributed by atoms with Gasteiger partial charge in [-0.15, -0.1) is 0 Å². The number of likely N-dealkylation sites (tertiary alicyclic amines) is 1. The van der Waals surface area contributed by atoms with Gasteiger partial charge in [-0.05, 0) is 30.5 Å². The van der Waals surface area contributed by atoms with Crippen LogP contribution in [0.3, 0.4) is 0 Å². The minimum atomic E-state index is -0.325. The highest BCUT2D eigenvalue weighted by atomic mass is 16.2. The van der Waals surface area contributed by atoms with Gasteiger partial charge in [-0.25, -0.2) is 4.68 Å². The quantitative estimate of drug-likeness (QED) is 0.840. The highest BCUT2D eigenvalue weighted by Crippen LogP contribution is 2.28. The van der Waals surface area contributed by atoms with Crippen LogP contribution in [0.25, 0.3) is 10.8 Å². The third kappa shape index (κ3) is 2.99. The summed E-state index contributed by atoms with van der Waals surface area (Å²) in [6.07, 6.45) is 1.07. The summed E-state index contributed by atoms with van der Waals surface area (Å²) in [5.74, 6) is -0.0203. The molecular formula is C17H22N4O3. The Kier molecular flexibility index (Phi) is 4.28. The molecule has 7 nitrogen and oxygen atoms in total. The van der Waals surface area contributed by atoms with Gasteiger partial charge in [0, 0.05) is 19.5 Å². The second-order valence-corrected chi connectivity index (χ2v) is 6.77. The summed E-state index contributed by atoms with van der Waals surface area (Å²) in [7, 11) is 0. The van der Waals surface area contributed by atoms with Crippen molar-refractivity contribution < 1.29 is 4.79 Å². The lowest BCUT2D eigenvalue weighted by molar-refractivity contribution is -0.130. The molecule has 0 spiro atoms. The van der Waals surface area contributed by atoms with Crippen LogP contribution in [0.5, 0.6) is 0 Å². The molecule has 0 saturated carbocycles. The number of aryl methyl sites for hydroxylation is 1. The predicted molar refractivity (Wildman–Crippen MR) is 91.8 cm³/mol. The van der Waals surface area contributed by atoms with E-state index in [-0.39, 0.29) is 35.4 Å². The maximum absolute atomic E-state index is 12.4. The van der Waals surface area contributed by atoms with Gasteiger partial charge < -0.3 is 10.6 Å². The van der Waals surface area contributed by atoms with Crippen molar-refractivity contribution in [1.82, 2.24) is 14.7 Å². The van der Waals surface area contributed by atoms with Gasteiger partial charge in [0.15, 0.2) is 0 Å². The predicted octanol–water partition coefficient (Wildman–Crippen LogP) is 0.277. The van der Waals surface area contributed by atoms with Crippen molar-refractivity contribution in [2.75, 3.05) is 19.6 Å². The van der Waals surface area contributed by atoms with Gasteiger partial charge in [0.2, 0.25) is 5.91 Å². The molecule has 0 bridgehead atoms. The van der Waals surface area contributed by atoms with Crippen molar-refractivity contribution >= 4 is 16.7 Å². The number of carbonyl (C=O) groups is 1. The van der Waals surface area contributed by atoms with Crippen LogP contribution < -0.4 is 16.9 Å². The summed E-state index contributed by atoms with van der Waals surface area (Å²) in [6.45, 7) is 4.12. The van der Waals surface area contributed by atoms with Crippen molar-refractivity contribution in [3.05, 3.63) is 45.0 Å². The van der Waals surface area contributed by atoms with Gasteiger partial charge in [-0.3, -0.25) is 19.5 Å². The van der Waals surface area contributed by atoms with Gasteiger partial charge in [0.05, 0.1) is 17.3 Å². The highest BCUT2D eigenvalue weighted by molar-refractivity contribution is 5.80. The number of nitrogens with two attached hydrogens (primary N) is 1. The summed E-state index contributed by atoms with van der Waals surface area (Å²) in [6, 6.07) is 6.67. The first-order chi connectivity index (χ1) is 11.4. The normalized spacial score (nSPS) is 20.7. The number of rotatable bonds is 4. The lowest BCUT2D eigenvalue weighted by Crippen LogP contribution is -2.36. The number of nitrogens with zero attached hydrogens (tertiary/aromatic N) is 2. The third-order valence-electron chi connectivity index (χ3n) is 4.84. The van der Waals surface area contributed by atoms with Gasteiger partial charge >= 0.3 is 0 Å². The first-order valence-electron chi connectivity index (χ1n) is 8.13. The Hall–Kier alpha value is -2.41. The van der Waals surface area contributed by atoms with E-state index in [1.165, 1.54) is 4.68 Å². The molecule has 1 aliphatic heterocycles. The maximum Gasteiger partial charge on any atom is 0.273 e. The lowest BCUT2D eigenvalue weighted by atomic mass is 9.90. The van der Waals surface area contributed by atoms with Crippen LogP contribution in [-0.4, -0.2) is 40.2 Å². The molecule has 1 atom stereocenters. The lowest BCUT2D eigenvalue weighted by Gasteiger charge is -2.22. The van der Waals surface area contributed by atoms with Crippen molar-refractivity contribution in [2.45, 2.75) is 26.3 Å². The molecule has 1 saturated heterocycles. The largest absolute Gasteiger partial charge is 0.342 e. The summed E-state index contributed by atoms with van der Waals surface area (Å²) in [5, 5.41) is 3.28. The van der Waals surface area contributed by atoms with Gasteiger partial charge in [-0.1, -0.05) is 19.1 Å². The number of aromatic amines is 1. The molecular weight excluding hydrogens is 308 g/mol. The van der Waals surface area contributed by atoms with E-state index in [1.54, 1.807) is 29.2 Å². The Morgan fingerprint density at radius 3 is 2.67 bits per heavy atom. The van der Waals surface area contributed by atoms with E-state index in [2.05, 4.69) is 12.0 Å². The molecule has 2 heterocycles. The average molecular weight is 330 g/mol. The smallest absolute Gasteiger partial charge is 0.273 e. The first-order valence-corrected chi connectivity index (χ1v) is 8.13. The van der Waals surface area contributed by atoms with E-state index < -0.39 is 0 Å². The van der Waals surface area contributed by atoms with E-state index in [0.29, 0.717) is 30.4 Å². The zero-order chi connectivity index (χ0) is 17.3. The molecule has 2 aromatic rings. The Labute approximate surface area is 139 Å². The van der Waals surface area contributed by atoms with Crippen LogP contribution in [0.15, 0.2) is 33.9 Å². The Balaban J connectivity index is 1.75. The molecule has 1 aromatic heterocycles. The fraction of sp³-hybridized carbons (Fsp3) is 0.471. The number of fused-ring (bicyclic) bond motifs is 1. The zero-order valence-corrected chi connectivity index (χ0v) is 13.7. The number of benzene rings is 1. The van der Waals surface area contributed by atoms with Crippen LogP contribution in [0.1, 0.15) is 19.8 Å². The number of H-pyrrole nitrogens is 1. The van der Waals surface area contributed by atoms with E-state index in [0.717, 1.165) is 6.42 Å². The Morgan fingerprint density at radius 2 is 2.00 bits per heavy atom. The zero-order valence-electron chi connectivity index (χ0n) is 13.7. The molecule has 1 unspecified atom stereocenters. The molecule has 1 amide bonds. The van der Waals surface area contributed by atoms with Crippen molar-refractivity contribution in [1.29, 1.82) is 0 Å². The second kappa shape index (κ2) is 6.24. The third-order valence-corrected chi connectivity index (χ3v) is 4.84. The van der Waals surface area contributed by atoms with Crippen LogP contribution in [0.4, 0.5) is 0 Å². The number of hydrogen-bond acceptors (Lipinski definition) is 4. The van der Waals surface area contributed by atoms with E-state index in [4.69, 9.17) is 5.73 Å². The Bertz CT molecular complexity index is 885. The molecule has 0 radical (unpaired) electrons. The Morgan fingerprint density at radius 1 is 1.29 bits per heavy atom. The highest BCUT2D eigenvalue weighted by Gasteiger charge is 2.34. The van der Waals surface area contributed by atoms with Crippen LogP contribution >= 0.6 is 0 Å². The molecule has 3 rings (SSSR count). The SMILES string of the molecule is CC1(CN)CCN(C(=O)CCn2[nH]c(=O)c3ccccc3c2=O)C1. The van der Waals surface area contributed by atoms with Crippen molar-refractivity contribution in [3.8, 4) is 0 Å². The number of aromatic nitrogens is 2. The minimum absolute atomic E-state index is 0.0203. The number of carbonyl (C=O) groups excluding carboxylic acids is 1. The molecule has 0 aliphatic carbocycles. The molecule has 7 heteroatoms. The monoisotopic (exact) mass is 330 g/mol. The van der Waals surface area contributed by atoms with Crippen molar-refractivity contribution in [3.63, 3.8) is 0 Å². The number of amides is 1. The molecule has 128 valence electrons. The van der Waals surface area contributed by atoms with Crippen LogP contribution in [0.2, 0.25) is 0 Å².